The maximum absolute atomic E-state index is 13.8. The molecule has 2 aromatic carbocycles. The molecule has 1 aliphatic rings. The minimum absolute atomic E-state index is 0.0302. The number of nitrogens with zero attached hydrogens (tertiary/aromatic N) is 5. The summed E-state index contributed by atoms with van der Waals surface area (Å²) in [5.41, 5.74) is 4.30. The van der Waals surface area contributed by atoms with Gasteiger partial charge < -0.3 is 14.2 Å². The number of halogens is 1. The van der Waals surface area contributed by atoms with Gasteiger partial charge in [-0.15, -0.1) is 0 Å². The third kappa shape index (κ3) is 4.61. The Morgan fingerprint density at radius 1 is 1.03 bits per heavy atom. The highest BCUT2D eigenvalue weighted by Gasteiger charge is 2.36. The summed E-state index contributed by atoms with van der Waals surface area (Å²) in [4.78, 5) is 22.1. The van der Waals surface area contributed by atoms with E-state index in [0.717, 1.165) is 22.6 Å². The van der Waals surface area contributed by atoms with E-state index in [1.54, 1.807) is 36.9 Å². The number of pyridine rings is 2. The van der Waals surface area contributed by atoms with Gasteiger partial charge in [0.2, 0.25) is 0 Å². The van der Waals surface area contributed by atoms with Crippen molar-refractivity contribution in [1.29, 1.82) is 5.26 Å². The van der Waals surface area contributed by atoms with E-state index in [-0.39, 0.29) is 29.5 Å². The van der Waals surface area contributed by atoms with E-state index >= 15 is 0 Å². The van der Waals surface area contributed by atoms with Crippen LogP contribution in [0.4, 0.5) is 10.1 Å². The summed E-state index contributed by atoms with van der Waals surface area (Å²) in [6, 6.07) is 21.8. The fourth-order valence-corrected chi connectivity index (χ4v) is 5.47. The minimum atomic E-state index is -0.272. The SMILES string of the molecule is COc1cccc(C(c2ccc(F)cc2)N2C[C@H](C)N(c3cc(=O)n(C)c4ccc(C#N)nc34)C[C@H]2C)c1. The van der Waals surface area contributed by atoms with Gasteiger partial charge in [0.15, 0.2) is 0 Å². The molecule has 1 unspecified atom stereocenters. The lowest BCUT2D eigenvalue weighted by Gasteiger charge is -2.48. The number of hydrogen-bond donors (Lipinski definition) is 0. The van der Waals surface area contributed by atoms with E-state index in [2.05, 4.69) is 40.8 Å². The van der Waals surface area contributed by atoms with Crippen molar-refractivity contribution in [2.24, 2.45) is 7.05 Å². The summed E-state index contributed by atoms with van der Waals surface area (Å²) < 4.78 is 20.9. The Kier molecular flexibility index (Phi) is 6.87. The molecule has 1 saturated heterocycles. The average Bonchev–Trinajstić information content (AvgIpc) is 2.93. The molecule has 0 aliphatic carbocycles. The number of aromatic nitrogens is 2. The van der Waals surface area contributed by atoms with Gasteiger partial charge in [0, 0.05) is 38.3 Å². The van der Waals surface area contributed by atoms with Crippen molar-refractivity contribution >= 4 is 16.7 Å². The number of rotatable bonds is 5. The van der Waals surface area contributed by atoms with Gasteiger partial charge in [-0.2, -0.15) is 5.26 Å². The average molecular weight is 512 g/mol. The normalized spacial score (nSPS) is 18.8. The van der Waals surface area contributed by atoms with Crippen LogP contribution in [0.3, 0.4) is 0 Å². The Morgan fingerprint density at radius 2 is 1.79 bits per heavy atom. The number of piperazine rings is 1. The molecule has 0 amide bonds. The zero-order chi connectivity index (χ0) is 27.0. The molecule has 0 bridgehead atoms. The van der Waals surface area contributed by atoms with Crippen LogP contribution in [0, 0.1) is 17.1 Å². The van der Waals surface area contributed by atoms with E-state index in [0.29, 0.717) is 29.8 Å². The fourth-order valence-electron chi connectivity index (χ4n) is 5.47. The third-order valence-corrected chi connectivity index (χ3v) is 7.45. The molecule has 38 heavy (non-hydrogen) atoms. The Hall–Kier alpha value is -4.22. The summed E-state index contributed by atoms with van der Waals surface area (Å²) in [7, 11) is 3.36. The standard InChI is InChI=1S/C30H30FN5O2/c1-19-18-36(30(21-8-10-23(31)11-9-21)22-6-5-7-25(14-22)38-4)20(2)17-35(19)27-15-28(37)34(3)26-13-12-24(16-32)33-29(26)27/h5-15,19-20,30H,17-18H2,1-4H3/t19-,20+,30?/m0/s1. The Morgan fingerprint density at radius 3 is 2.50 bits per heavy atom. The first-order valence-electron chi connectivity index (χ1n) is 12.6. The van der Waals surface area contributed by atoms with Gasteiger partial charge in [-0.05, 0) is 61.4 Å². The molecule has 5 rings (SSSR count). The highest BCUT2D eigenvalue weighted by molar-refractivity contribution is 5.89. The van der Waals surface area contributed by atoms with Crippen molar-refractivity contribution in [1.82, 2.24) is 14.5 Å². The van der Waals surface area contributed by atoms with Crippen LogP contribution in [0.1, 0.15) is 36.7 Å². The predicted molar refractivity (Wildman–Crippen MR) is 146 cm³/mol. The van der Waals surface area contributed by atoms with Crippen molar-refractivity contribution in [3.63, 3.8) is 0 Å². The molecule has 0 radical (unpaired) electrons. The number of ether oxygens (including phenoxy) is 1. The van der Waals surface area contributed by atoms with Crippen molar-refractivity contribution in [2.45, 2.75) is 32.0 Å². The van der Waals surface area contributed by atoms with E-state index in [1.165, 1.54) is 12.1 Å². The first-order valence-corrected chi connectivity index (χ1v) is 12.6. The summed E-state index contributed by atoms with van der Waals surface area (Å²) >= 11 is 0. The van der Waals surface area contributed by atoms with E-state index in [1.807, 2.05) is 30.3 Å². The highest BCUT2D eigenvalue weighted by atomic mass is 19.1. The third-order valence-electron chi connectivity index (χ3n) is 7.45. The second kappa shape index (κ2) is 10.3. The number of fused-ring (bicyclic) bond motifs is 1. The smallest absolute Gasteiger partial charge is 0.252 e. The lowest BCUT2D eigenvalue weighted by molar-refractivity contribution is 0.130. The molecule has 0 N–H and O–H groups in total. The largest absolute Gasteiger partial charge is 0.497 e. The molecule has 194 valence electrons. The summed E-state index contributed by atoms with van der Waals surface area (Å²) in [6.07, 6.45) is 0. The summed E-state index contributed by atoms with van der Waals surface area (Å²) in [6.45, 7) is 5.62. The van der Waals surface area contributed by atoms with Crippen LogP contribution in [0.2, 0.25) is 0 Å². The van der Waals surface area contributed by atoms with Gasteiger partial charge in [0.1, 0.15) is 28.8 Å². The first kappa shape index (κ1) is 25.4. The summed E-state index contributed by atoms with van der Waals surface area (Å²) in [5, 5.41) is 9.45. The molecule has 0 saturated carbocycles. The lowest BCUT2D eigenvalue weighted by Crippen LogP contribution is -2.57. The van der Waals surface area contributed by atoms with Crippen LogP contribution in [-0.4, -0.2) is 46.7 Å². The second-order valence-electron chi connectivity index (χ2n) is 9.88. The van der Waals surface area contributed by atoms with Crippen LogP contribution < -0.4 is 15.2 Å². The molecule has 1 aliphatic heterocycles. The Bertz CT molecular complexity index is 1580. The topological polar surface area (TPSA) is 74.4 Å². The molecular formula is C30H30FN5O2. The molecule has 3 heterocycles. The van der Waals surface area contributed by atoms with Gasteiger partial charge in [-0.3, -0.25) is 9.69 Å². The molecule has 3 atom stereocenters. The van der Waals surface area contributed by atoms with Crippen molar-refractivity contribution in [3.05, 3.63) is 99.7 Å². The minimum Gasteiger partial charge on any atom is -0.497 e. The summed E-state index contributed by atoms with van der Waals surface area (Å²) in [5.74, 6) is 0.492. The number of methoxy groups -OCH3 is 1. The first-order chi connectivity index (χ1) is 18.3. The van der Waals surface area contributed by atoms with E-state index in [4.69, 9.17) is 4.74 Å². The van der Waals surface area contributed by atoms with Crippen molar-refractivity contribution < 1.29 is 9.13 Å². The predicted octanol–water partition coefficient (Wildman–Crippen LogP) is 4.64. The van der Waals surface area contributed by atoms with Crippen LogP contribution >= 0.6 is 0 Å². The molecule has 2 aromatic heterocycles. The molecular weight excluding hydrogens is 481 g/mol. The maximum Gasteiger partial charge on any atom is 0.252 e. The number of anilines is 1. The van der Waals surface area contributed by atoms with Crippen LogP contribution in [-0.2, 0) is 7.05 Å². The Balaban J connectivity index is 1.56. The van der Waals surface area contributed by atoms with Gasteiger partial charge in [-0.1, -0.05) is 24.3 Å². The maximum atomic E-state index is 13.8. The highest BCUT2D eigenvalue weighted by Crippen LogP contribution is 2.36. The van der Waals surface area contributed by atoms with Crippen LogP contribution in [0.15, 0.2) is 71.5 Å². The molecule has 4 aromatic rings. The van der Waals surface area contributed by atoms with Gasteiger partial charge in [-0.25, -0.2) is 9.37 Å². The molecule has 0 spiro atoms. The van der Waals surface area contributed by atoms with Crippen LogP contribution in [0.25, 0.3) is 11.0 Å². The van der Waals surface area contributed by atoms with E-state index < -0.39 is 0 Å². The zero-order valence-electron chi connectivity index (χ0n) is 21.9. The quantitative estimate of drug-likeness (QED) is 0.389. The number of hydrogen-bond acceptors (Lipinski definition) is 6. The lowest BCUT2D eigenvalue weighted by atomic mass is 9.93. The molecule has 8 heteroatoms. The van der Waals surface area contributed by atoms with E-state index in [9.17, 15) is 14.4 Å². The number of aryl methyl sites for hydroxylation is 1. The number of benzene rings is 2. The van der Waals surface area contributed by atoms with Gasteiger partial charge in [0.05, 0.1) is 24.4 Å². The number of nitriles is 1. The fraction of sp³-hybridized carbons (Fsp3) is 0.300. The van der Waals surface area contributed by atoms with Crippen molar-refractivity contribution in [3.8, 4) is 11.8 Å². The van der Waals surface area contributed by atoms with Gasteiger partial charge >= 0.3 is 0 Å². The zero-order valence-corrected chi connectivity index (χ0v) is 21.9. The monoisotopic (exact) mass is 511 g/mol. The van der Waals surface area contributed by atoms with Crippen molar-refractivity contribution in [2.75, 3.05) is 25.1 Å². The second-order valence-corrected chi connectivity index (χ2v) is 9.88. The molecule has 7 nitrogen and oxygen atoms in total. The Labute approximate surface area is 221 Å². The molecule has 1 fully saturated rings. The van der Waals surface area contributed by atoms with Gasteiger partial charge in [0.25, 0.3) is 5.56 Å². The van der Waals surface area contributed by atoms with Crippen LogP contribution in [0.5, 0.6) is 5.75 Å².